The van der Waals surface area contributed by atoms with Crippen LogP contribution in [0.25, 0.3) is 0 Å². The third-order valence-electron chi connectivity index (χ3n) is 2.69. The molecule has 2 nitrogen and oxygen atoms in total. The summed E-state index contributed by atoms with van der Waals surface area (Å²) < 4.78 is 5.57. The SMILES string of the molecule is CCC(C)(N)c1ccc(OC(C)C)c(Cl)c1. The van der Waals surface area contributed by atoms with Crippen molar-refractivity contribution in [3.63, 3.8) is 0 Å². The number of halogens is 1. The highest BCUT2D eigenvalue weighted by molar-refractivity contribution is 6.32. The standard InChI is InChI=1S/C13H20ClNO/c1-5-13(4,15)10-6-7-12(11(14)8-10)16-9(2)3/h6-9H,5,15H2,1-4H3. The first-order valence-electron chi connectivity index (χ1n) is 5.62. The van der Waals surface area contributed by atoms with Crippen LogP contribution in [0.2, 0.25) is 5.02 Å². The molecule has 1 aromatic carbocycles. The lowest BCUT2D eigenvalue weighted by Gasteiger charge is -2.24. The molecule has 1 aromatic rings. The van der Waals surface area contributed by atoms with Gasteiger partial charge in [-0.15, -0.1) is 0 Å². The van der Waals surface area contributed by atoms with Crippen LogP contribution >= 0.6 is 11.6 Å². The maximum absolute atomic E-state index is 6.16. The molecule has 90 valence electrons. The van der Waals surface area contributed by atoms with Gasteiger partial charge in [0, 0.05) is 5.54 Å². The molecule has 0 aliphatic carbocycles. The van der Waals surface area contributed by atoms with Gasteiger partial charge in [0.05, 0.1) is 11.1 Å². The number of hydrogen-bond acceptors (Lipinski definition) is 2. The summed E-state index contributed by atoms with van der Waals surface area (Å²) in [6.45, 7) is 8.01. The van der Waals surface area contributed by atoms with E-state index in [-0.39, 0.29) is 11.6 Å². The molecule has 0 aliphatic rings. The van der Waals surface area contributed by atoms with Gasteiger partial charge in [-0.25, -0.2) is 0 Å². The van der Waals surface area contributed by atoms with Crippen molar-refractivity contribution in [2.24, 2.45) is 5.73 Å². The summed E-state index contributed by atoms with van der Waals surface area (Å²) in [5, 5.41) is 0.622. The normalized spacial score (nSPS) is 14.9. The van der Waals surface area contributed by atoms with Crippen LogP contribution in [-0.4, -0.2) is 6.10 Å². The Morgan fingerprint density at radius 3 is 2.50 bits per heavy atom. The van der Waals surface area contributed by atoms with Gasteiger partial charge in [-0.1, -0.05) is 24.6 Å². The van der Waals surface area contributed by atoms with E-state index in [1.54, 1.807) is 0 Å². The van der Waals surface area contributed by atoms with Gasteiger partial charge in [-0.3, -0.25) is 0 Å². The minimum absolute atomic E-state index is 0.124. The number of ether oxygens (including phenoxy) is 1. The molecular formula is C13H20ClNO. The van der Waals surface area contributed by atoms with Crippen molar-refractivity contribution >= 4 is 11.6 Å². The van der Waals surface area contributed by atoms with Crippen molar-refractivity contribution in [3.05, 3.63) is 28.8 Å². The smallest absolute Gasteiger partial charge is 0.138 e. The van der Waals surface area contributed by atoms with Crippen LogP contribution in [0.1, 0.15) is 39.7 Å². The van der Waals surface area contributed by atoms with Gasteiger partial charge in [0.15, 0.2) is 0 Å². The first-order valence-corrected chi connectivity index (χ1v) is 6.00. The quantitative estimate of drug-likeness (QED) is 0.872. The van der Waals surface area contributed by atoms with Gasteiger partial charge in [0.1, 0.15) is 5.75 Å². The van der Waals surface area contributed by atoms with Gasteiger partial charge < -0.3 is 10.5 Å². The Balaban J connectivity index is 2.99. The van der Waals surface area contributed by atoms with Crippen LogP contribution in [0.15, 0.2) is 18.2 Å². The Kier molecular flexibility index (Phi) is 4.22. The summed E-state index contributed by atoms with van der Waals surface area (Å²) in [5.74, 6) is 0.715. The molecule has 1 atom stereocenters. The first-order chi connectivity index (χ1) is 7.36. The van der Waals surface area contributed by atoms with Gasteiger partial charge >= 0.3 is 0 Å². The largest absolute Gasteiger partial charge is 0.489 e. The van der Waals surface area contributed by atoms with Crippen molar-refractivity contribution in [2.45, 2.75) is 45.8 Å². The molecular weight excluding hydrogens is 222 g/mol. The Bertz CT molecular complexity index is 361. The highest BCUT2D eigenvalue weighted by Crippen LogP contribution is 2.31. The van der Waals surface area contributed by atoms with Crippen LogP contribution in [-0.2, 0) is 5.54 Å². The molecule has 0 saturated heterocycles. The molecule has 0 aromatic heterocycles. The summed E-state index contributed by atoms with van der Waals surface area (Å²) in [6, 6.07) is 5.76. The zero-order valence-electron chi connectivity index (χ0n) is 10.4. The van der Waals surface area contributed by atoms with E-state index in [2.05, 4.69) is 6.92 Å². The second kappa shape index (κ2) is 5.07. The topological polar surface area (TPSA) is 35.2 Å². The third-order valence-corrected chi connectivity index (χ3v) is 2.98. The molecule has 0 aliphatic heterocycles. The fraction of sp³-hybridized carbons (Fsp3) is 0.538. The minimum atomic E-state index is -0.333. The Hall–Kier alpha value is -0.730. The van der Waals surface area contributed by atoms with Crippen molar-refractivity contribution in [2.75, 3.05) is 0 Å². The number of hydrogen-bond donors (Lipinski definition) is 1. The molecule has 16 heavy (non-hydrogen) atoms. The summed E-state index contributed by atoms with van der Waals surface area (Å²) >= 11 is 6.16. The van der Waals surface area contributed by atoms with Crippen LogP contribution in [0.4, 0.5) is 0 Å². The Morgan fingerprint density at radius 2 is 2.06 bits per heavy atom. The number of benzene rings is 1. The molecule has 0 fully saturated rings. The molecule has 1 unspecified atom stereocenters. The van der Waals surface area contributed by atoms with Crippen LogP contribution in [0.5, 0.6) is 5.75 Å². The highest BCUT2D eigenvalue weighted by Gasteiger charge is 2.19. The van der Waals surface area contributed by atoms with E-state index in [0.29, 0.717) is 10.8 Å². The van der Waals surface area contributed by atoms with Crippen LogP contribution < -0.4 is 10.5 Å². The first kappa shape index (κ1) is 13.3. The second-order valence-corrected chi connectivity index (χ2v) is 4.99. The molecule has 3 heteroatoms. The van der Waals surface area contributed by atoms with Gasteiger partial charge in [0.25, 0.3) is 0 Å². The summed E-state index contributed by atoms with van der Waals surface area (Å²) in [4.78, 5) is 0. The molecule has 0 saturated carbocycles. The van der Waals surface area contributed by atoms with Crippen LogP contribution in [0, 0.1) is 0 Å². The van der Waals surface area contributed by atoms with Gasteiger partial charge in [-0.05, 0) is 44.9 Å². The van der Waals surface area contributed by atoms with E-state index < -0.39 is 0 Å². The predicted molar refractivity (Wildman–Crippen MR) is 69.0 cm³/mol. The van der Waals surface area contributed by atoms with Crippen LogP contribution in [0.3, 0.4) is 0 Å². The third kappa shape index (κ3) is 3.13. The van der Waals surface area contributed by atoms with E-state index >= 15 is 0 Å². The van der Waals surface area contributed by atoms with E-state index in [1.807, 2.05) is 39.0 Å². The molecule has 0 bridgehead atoms. The van der Waals surface area contributed by atoms with Crippen molar-refractivity contribution in [1.82, 2.24) is 0 Å². The maximum atomic E-state index is 6.16. The molecule has 0 spiro atoms. The Labute approximate surface area is 103 Å². The maximum Gasteiger partial charge on any atom is 0.138 e. The molecule has 2 N–H and O–H groups in total. The van der Waals surface area contributed by atoms with E-state index in [4.69, 9.17) is 22.1 Å². The van der Waals surface area contributed by atoms with Gasteiger partial charge in [-0.2, -0.15) is 0 Å². The molecule has 1 rings (SSSR count). The zero-order valence-corrected chi connectivity index (χ0v) is 11.1. The van der Waals surface area contributed by atoms with Crippen molar-refractivity contribution in [3.8, 4) is 5.75 Å². The zero-order chi connectivity index (χ0) is 12.3. The molecule has 0 radical (unpaired) electrons. The van der Waals surface area contributed by atoms with Crippen molar-refractivity contribution in [1.29, 1.82) is 0 Å². The highest BCUT2D eigenvalue weighted by atomic mass is 35.5. The minimum Gasteiger partial charge on any atom is -0.489 e. The monoisotopic (exact) mass is 241 g/mol. The lowest BCUT2D eigenvalue weighted by molar-refractivity contribution is 0.242. The lowest BCUT2D eigenvalue weighted by atomic mass is 9.91. The second-order valence-electron chi connectivity index (χ2n) is 4.58. The average Bonchev–Trinajstić information content (AvgIpc) is 2.20. The summed E-state index contributed by atoms with van der Waals surface area (Å²) in [6.07, 6.45) is 0.993. The lowest BCUT2D eigenvalue weighted by Crippen LogP contribution is -2.31. The molecule has 0 heterocycles. The summed E-state index contributed by atoms with van der Waals surface area (Å²) in [5.41, 5.74) is 6.86. The van der Waals surface area contributed by atoms with Gasteiger partial charge in [0.2, 0.25) is 0 Å². The Morgan fingerprint density at radius 1 is 1.44 bits per heavy atom. The van der Waals surface area contributed by atoms with E-state index in [9.17, 15) is 0 Å². The van der Waals surface area contributed by atoms with Crippen molar-refractivity contribution < 1.29 is 4.74 Å². The number of nitrogens with two attached hydrogens (primary N) is 1. The molecule has 0 amide bonds. The summed E-state index contributed by atoms with van der Waals surface area (Å²) in [7, 11) is 0. The number of rotatable bonds is 4. The predicted octanol–water partition coefficient (Wildman–Crippen LogP) is 3.71. The van der Waals surface area contributed by atoms with E-state index in [1.165, 1.54) is 0 Å². The van der Waals surface area contributed by atoms with E-state index in [0.717, 1.165) is 12.0 Å². The fourth-order valence-corrected chi connectivity index (χ4v) is 1.63. The fourth-order valence-electron chi connectivity index (χ4n) is 1.41. The average molecular weight is 242 g/mol.